The molecule has 2 rings (SSSR count). The van der Waals surface area contributed by atoms with Gasteiger partial charge in [-0.05, 0) is 26.0 Å². The van der Waals surface area contributed by atoms with Crippen molar-refractivity contribution in [1.82, 2.24) is 25.4 Å². The molecule has 2 aromatic rings. The number of furan rings is 1. The van der Waals surface area contributed by atoms with E-state index in [0.29, 0.717) is 29.8 Å². The van der Waals surface area contributed by atoms with Crippen molar-refractivity contribution in [2.45, 2.75) is 25.5 Å². The summed E-state index contributed by atoms with van der Waals surface area (Å²) >= 11 is 1.21. The van der Waals surface area contributed by atoms with E-state index in [-0.39, 0.29) is 11.7 Å². The van der Waals surface area contributed by atoms with Gasteiger partial charge >= 0.3 is 6.03 Å². The first-order chi connectivity index (χ1) is 10.7. The average Bonchev–Trinajstić information content (AvgIpc) is 3.13. The second kappa shape index (κ2) is 7.64. The highest BCUT2D eigenvalue weighted by Crippen LogP contribution is 2.23. The fraction of sp³-hybridized carbons (Fsp3) is 0.385. The van der Waals surface area contributed by atoms with Crippen LogP contribution < -0.4 is 10.6 Å². The van der Waals surface area contributed by atoms with Crippen molar-refractivity contribution in [3.63, 3.8) is 0 Å². The highest BCUT2D eigenvalue weighted by Gasteiger charge is 2.16. The Morgan fingerprint density at radius 2 is 2.18 bits per heavy atom. The number of amides is 3. The topological polar surface area (TPSA) is 102 Å². The van der Waals surface area contributed by atoms with Crippen LogP contribution in [0, 0.1) is 0 Å². The van der Waals surface area contributed by atoms with Crippen molar-refractivity contribution in [2.75, 3.05) is 12.3 Å². The molecule has 0 aromatic carbocycles. The molecule has 9 heteroatoms. The fourth-order valence-corrected chi connectivity index (χ4v) is 2.57. The average molecular weight is 323 g/mol. The maximum absolute atomic E-state index is 11.7. The first-order valence-electron chi connectivity index (χ1n) is 6.83. The van der Waals surface area contributed by atoms with Crippen molar-refractivity contribution in [1.29, 1.82) is 0 Å². The third-order valence-corrected chi connectivity index (χ3v) is 3.66. The molecule has 0 aliphatic carbocycles. The number of hydrogen-bond donors (Lipinski definition) is 2. The van der Waals surface area contributed by atoms with E-state index in [1.807, 2.05) is 11.5 Å². The molecule has 2 heterocycles. The quantitative estimate of drug-likeness (QED) is 0.781. The molecule has 3 amide bonds. The van der Waals surface area contributed by atoms with Crippen molar-refractivity contribution in [3.8, 4) is 11.6 Å². The third kappa shape index (κ3) is 3.88. The standard InChI is InChI=1S/C13H17N5O3S/c1-3-14-12(20)15-10(19)8-22-13-17-16-11(18(13)4-2)9-6-5-7-21-9/h5-7H,3-4,8H2,1-2H3,(H2,14,15,19,20). The van der Waals surface area contributed by atoms with Crippen LogP contribution >= 0.6 is 11.8 Å². The van der Waals surface area contributed by atoms with E-state index in [0.717, 1.165) is 0 Å². The molecule has 2 N–H and O–H groups in total. The molecule has 0 unspecified atom stereocenters. The Hall–Kier alpha value is -2.29. The summed E-state index contributed by atoms with van der Waals surface area (Å²) in [6, 6.07) is 3.07. The Balaban J connectivity index is 1.99. The summed E-state index contributed by atoms with van der Waals surface area (Å²) in [5.41, 5.74) is 0. The Labute approximate surface area is 131 Å². The molecule has 0 aliphatic heterocycles. The SMILES string of the molecule is CCNC(=O)NC(=O)CSc1nnc(-c2ccco2)n1CC. The van der Waals surface area contributed by atoms with Crippen molar-refractivity contribution >= 4 is 23.7 Å². The molecule has 0 bridgehead atoms. The number of rotatable bonds is 6. The lowest BCUT2D eigenvalue weighted by molar-refractivity contribution is -0.117. The van der Waals surface area contributed by atoms with Crippen LogP contribution in [0.3, 0.4) is 0 Å². The van der Waals surface area contributed by atoms with E-state index >= 15 is 0 Å². The summed E-state index contributed by atoms with van der Waals surface area (Å²) in [4.78, 5) is 22.9. The number of aromatic nitrogens is 3. The van der Waals surface area contributed by atoms with Gasteiger partial charge in [-0.2, -0.15) is 0 Å². The summed E-state index contributed by atoms with van der Waals surface area (Å²) in [6.45, 7) is 4.83. The Kier molecular flexibility index (Phi) is 5.59. The molecule has 8 nitrogen and oxygen atoms in total. The lowest BCUT2D eigenvalue weighted by atomic mass is 10.4. The predicted molar refractivity (Wildman–Crippen MR) is 81.3 cm³/mol. The largest absolute Gasteiger partial charge is 0.461 e. The number of nitrogens with one attached hydrogen (secondary N) is 2. The molecule has 0 saturated heterocycles. The Morgan fingerprint density at radius 1 is 1.36 bits per heavy atom. The number of carbonyl (C=O) groups excluding carboxylic acids is 2. The third-order valence-electron chi connectivity index (χ3n) is 2.70. The number of thioether (sulfide) groups is 1. The molecule has 2 aromatic heterocycles. The maximum Gasteiger partial charge on any atom is 0.321 e. The lowest BCUT2D eigenvalue weighted by Gasteiger charge is -2.06. The van der Waals surface area contributed by atoms with Crippen molar-refractivity contribution in [2.24, 2.45) is 0 Å². The van der Waals surface area contributed by atoms with Crippen LogP contribution in [0.25, 0.3) is 11.6 Å². The summed E-state index contributed by atoms with van der Waals surface area (Å²) in [7, 11) is 0. The van der Waals surface area contributed by atoms with Gasteiger partial charge in [0, 0.05) is 13.1 Å². The predicted octanol–water partition coefficient (Wildman–Crippen LogP) is 1.50. The number of carbonyl (C=O) groups is 2. The smallest absolute Gasteiger partial charge is 0.321 e. The van der Waals surface area contributed by atoms with Crippen LogP contribution in [0.1, 0.15) is 13.8 Å². The Bertz CT molecular complexity index is 638. The van der Waals surface area contributed by atoms with Gasteiger partial charge in [-0.15, -0.1) is 10.2 Å². The van der Waals surface area contributed by atoms with Crippen molar-refractivity contribution in [3.05, 3.63) is 18.4 Å². The van der Waals surface area contributed by atoms with Gasteiger partial charge in [0.15, 0.2) is 16.7 Å². The van der Waals surface area contributed by atoms with Gasteiger partial charge in [0.25, 0.3) is 0 Å². The van der Waals surface area contributed by atoms with Crippen LogP contribution in [0.2, 0.25) is 0 Å². The van der Waals surface area contributed by atoms with Crippen LogP contribution in [0.4, 0.5) is 4.79 Å². The van der Waals surface area contributed by atoms with Gasteiger partial charge in [-0.1, -0.05) is 11.8 Å². The minimum absolute atomic E-state index is 0.0768. The van der Waals surface area contributed by atoms with Crippen LogP contribution in [-0.2, 0) is 11.3 Å². The normalized spacial score (nSPS) is 10.5. The minimum Gasteiger partial charge on any atom is -0.461 e. The zero-order chi connectivity index (χ0) is 15.9. The first-order valence-corrected chi connectivity index (χ1v) is 7.81. The summed E-state index contributed by atoms with van der Waals surface area (Å²) in [6.07, 6.45) is 1.57. The van der Waals surface area contributed by atoms with Gasteiger partial charge in [0.1, 0.15) is 0 Å². The summed E-state index contributed by atoms with van der Waals surface area (Å²) < 4.78 is 7.17. The second-order valence-corrected chi connectivity index (χ2v) is 5.17. The molecular weight excluding hydrogens is 306 g/mol. The van der Waals surface area contributed by atoms with Crippen molar-refractivity contribution < 1.29 is 14.0 Å². The molecule has 0 saturated carbocycles. The number of nitrogens with zero attached hydrogens (tertiary/aromatic N) is 3. The summed E-state index contributed by atoms with van der Waals surface area (Å²) in [5.74, 6) is 0.918. The number of imide groups is 1. The fourth-order valence-electron chi connectivity index (χ4n) is 1.77. The second-order valence-electron chi connectivity index (χ2n) is 4.22. The number of hydrogen-bond acceptors (Lipinski definition) is 6. The lowest BCUT2D eigenvalue weighted by Crippen LogP contribution is -2.40. The van der Waals surface area contributed by atoms with Gasteiger partial charge in [0.05, 0.1) is 12.0 Å². The van der Waals surface area contributed by atoms with E-state index in [2.05, 4.69) is 20.8 Å². The molecule has 0 atom stereocenters. The van der Waals surface area contributed by atoms with Gasteiger partial charge < -0.3 is 9.73 Å². The van der Waals surface area contributed by atoms with Crippen LogP contribution in [0.15, 0.2) is 28.0 Å². The highest BCUT2D eigenvalue weighted by molar-refractivity contribution is 7.99. The van der Waals surface area contributed by atoms with E-state index in [4.69, 9.17) is 4.42 Å². The van der Waals surface area contributed by atoms with Crippen LogP contribution in [0.5, 0.6) is 0 Å². The highest BCUT2D eigenvalue weighted by atomic mass is 32.2. The monoisotopic (exact) mass is 323 g/mol. The van der Waals surface area contributed by atoms with Gasteiger partial charge in [0.2, 0.25) is 5.91 Å². The maximum atomic E-state index is 11.7. The van der Waals surface area contributed by atoms with E-state index in [1.165, 1.54) is 11.8 Å². The molecule has 118 valence electrons. The van der Waals surface area contributed by atoms with Gasteiger partial charge in [-0.3, -0.25) is 14.7 Å². The first kappa shape index (κ1) is 16.1. The molecule has 0 fully saturated rings. The zero-order valence-corrected chi connectivity index (χ0v) is 13.1. The zero-order valence-electron chi connectivity index (χ0n) is 12.3. The van der Waals surface area contributed by atoms with Crippen LogP contribution in [-0.4, -0.2) is 39.0 Å². The number of urea groups is 1. The molecular formula is C13H17N5O3S. The van der Waals surface area contributed by atoms with E-state index in [1.54, 1.807) is 25.3 Å². The molecule has 0 aliphatic rings. The Morgan fingerprint density at radius 3 is 2.82 bits per heavy atom. The van der Waals surface area contributed by atoms with E-state index < -0.39 is 6.03 Å². The van der Waals surface area contributed by atoms with Gasteiger partial charge in [-0.25, -0.2) is 4.79 Å². The summed E-state index contributed by atoms with van der Waals surface area (Å²) in [5, 5.41) is 13.5. The van der Waals surface area contributed by atoms with E-state index in [9.17, 15) is 9.59 Å². The molecule has 22 heavy (non-hydrogen) atoms. The minimum atomic E-state index is -0.499. The molecule has 0 radical (unpaired) electrons. The molecule has 0 spiro atoms.